The molecule has 25 heavy (non-hydrogen) atoms. The van der Waals surface area contributed by atoms with Crippen LogP contribution in [0.5, 0.6) is 0 Å². The van der Waals surface area contributed by atoms with E-state index in [-0.39, 0.29) is 0 Å². The van der Waals surface area contributed by atoms with E-state index >= 15 is 0 Å². The quantitative estimate of drug-likeness (QED) is 0.518. The van der Waals surface area contributed by atoms with E-state index in [0.29, 0.717) is 22.5 Å². The average molecular weight is 374 g/mol. The van der Waals surface area contributed by atoms with Crippen molar-refractivity contribution in [1.29, 1.82) is 0 Å². The van der Waals surface area contributed by atoms with Gasteiger partial charge in [-0.15, -0.1) is 22.7 Å². The number of hydrogen-bond donors (Lipinski definition) is 1. The topological polar surface area (TPSA) is 50.7 Å². The summed E-state index contributed by atoms with van der Waals surface area (Å²) in [7, 11) is 0. The van der Waals surface area contributed by atoms with Gasteiger partial charge in [0, 0.05) is 23.2 Å². The van der Waals surface area contributed by atoms with Crippen molar-refractivity contribution >= 4 is 43.8 Å². The van der Waals surface area contributed by atoms with E-state index in [1.165, 1.54) is 34.8 Å². The number of pyridine rings is 1. The highest BCUT2D eigenvalue weighted by Gasteiger charge is 2.16. The highest BCUT2D eigenvalue weighted by Crippen LogP contribution is 2.37. The third-order valence-corrected chi connectivity index (χ3v) is 5.42. The summed E-state index contributed by atoms with van der Waals surface area (Å²) in [5, 5.41) is 6.69. The molecule has 3 heterocycles. The molecule has 126 valence electrons. The van der Waals surface area contributed by atoms with Gasteiger partial charge in [0.15, 0.2) is 10.9 Å². The first-order chi connectivity index (χ1) is 12.0. The van der Waals surface area contributed by atoms with Crippen LogP contribution in [0.25, 0.3) is 21.3 Å². The largest absolute Gasteiger partial charge is 0.314 e. The molecule has 8 heteroatoms. The van der Waals surface area contributed by atoms with Crippen LogP contribution in [0, 0.1) is 25.5 Å². The lowest BCUT2D eigenvalue weighted by atomic mass is 10.1. The summed E-state index contributed by atoms with van der Waals surface area (Å²) in [6.45, 7) is 3.80. The molecule has 0 unspecified atom stereocenters. The highest BCUT2D eigenvalue weighted by atomic mass is 32.1. The van der Waals surface area contributed by atoms with Gasteiger partial charge >= 0.3 is 0 Å². The number of halogens is 2. The summed E-state index contributed by atoms with van der Waals surface area (Å²) in [6, 6.07) is 3.45. The van der Waals surface area contributed by atoms with Gasteiger partial charge in [-0.2, -0.15) is 0 Å². The molecule has 0 aliphatic carbocycles. The van der Waals surface area contributed by atoms with Gasteiger partial charge in [0.2, 0.25) is 0 Å². The van der Waals surface area contributed by atoms with Gasteiger partial charge in [0.05, 0.1) is 15.4 Å². The Bertz CT molecular complexity index is 1070. The zero-order valence-corrected chi connectivity index (χ0v) is 14.9. The summed E-state index contributed by atoms with van der Waals surface area (Å²) in [6.07, 6.45) is 1.61. The van der Waals surface area contributed by atoms with Crippen molar-refractivity contribution in [3.63, 3.8) is 0 Å². The summed E-state index contributed by atoms with van der Waals surface area (Å²) < 4.78 is 28.0. The molecule has 0 radical (unpaired) electrons. The third-order valence-electron chi connectivity index (χ3n) is 3.54. The first kappa shape index (κ1) is 16.0. The van der Waals surface area contributed by atoms with E-state index in [1.807, 2.05) is 19.2 Å². The van der Waals surface area contributed by atoms with E-state index in [9.17, 15) is 8.78 Å². The van der Waals surface area contributed by atoms with Crippen molar-refractivity contribution < 1.29 is 8.78 Å². The Morgan fingerprint density at radius 3 is 2.48 bits per heavy atom. The van der Waals surface area contributed by atoms with Crippen molar-refractivity contribution in [3.8, 4) is 11.1 Å². The molecule has 4 aromatic rings. The zero-order chi connectivity index (χ0) is 17.6. The maximum atomic E-state index is 13.6. The number of hydrogen-bond acceptors (Lipinski definition) is 6. The van der Waals surface area contributed by atoms with Crippen molar-refractivity contribution in [1.82, 2.24) is 15.0 Å². The fraction of sp³-hybridized carbons (Fsp3) is 0.118. The van der Waals surface area contributed by atoms with E-state index in [2.05, 4.69) is 20.3 Å². The van der Waals surface area contributed by atoms with E-state index in [0.717, 1.165) is 26.6 Å². The molecule has 0 spiro atoms. The lowest BCUT2D eigenvalue weighted by Gasteiger charge is -2.07. The van der Waals surface area contributed by atoms with Crippen molar-refractivity contribution in [3.05, 3.63) is 52.1 Å². The molecular formula is C17H12F2N4S2. The summed E-state index contributed by atoms with van der Waals surface area (Å²) >= 11 is 2.94. The molecule has 0 fully saturated rings. The van der Waals surface area contributed by atoms with E-state index in [4.69, 9.17) is 0 Å². The van der Waals surface area contributed by atoms with Gasteiger partial charge in [0.1, 0.15) is 17.2 Å². The van der Waals surface area contributed by atoms with Crippen LogP contribution in [0.1, 0.15) is 10.7 Å². The number of aromatic nitrogens is 3. The van der Waals surface area contributed by atoms with Crippen molar-refractivity contribution in [2.45, 2.75) is 13.8 Å². The molecule has 3 aromatic heterocycles. The Balaban J connectivity index is 1.86. The van der Waals surface area contributed by atoms with Gasteiger partial charge in [0.25, 0.3) is 0 Å². The number of aryl methyl sites for hydroxylation is 2. The third kappa shape index (κ3) is 3.10. The lowest BCUT2D eigenvalue weighted by molar-refractivity contribution is 0.584. The van der Waals surface area contributed by atoms with E-state index < -0.39 is 11.6 Å². The molecular weight excluding hydrogens is 362 g/mol. The number of thiazole rings is 2. The number of benzene rings is 1. The highest BCUT2D eigenvalue weighted by molar-refractivity contribution is 7.19. The molecule has 1 aromatic carbocycles. The predicted octanol–water partition coefficient (Wildman–Crippen LogP) is 5.45. The molecule has 0 aliphatic heterocycles. The predicted molar refractivity (Wildman–Crippen MR) is 97.6 cm³/mol. The fourth-order valence-corrected chi connectivity index (χ4v) is 4.18. The van der Waals surface area contributed by atoms with Crippen LogP contribution in [0.15, 0.2) is 29.8 Å². The molecule has 0 aliphatic rings. The lowest BCUT2D eigenvalue weighted by Crippen LogP contribution is -1.96. The minimum atomic E-state index is -0.621. The normalized spacial score (nSPS) is 11.2. The summed E-state index contributed by atoms with van der Waals surface area (Å²) in [4.78, 5) is 13.3. The summed E-state index contributed by atoms with van der Waals surface area (Å²) in [5.41, 5.74) is 2.68. The van der Waals surface area contributed by atoms with Crippen LogP contribution < -0.4 is 5.32 Å². The maximum Gasteiger partial charge on any atom is 0.188 e. The van der Waals surface area contributed by atoms with Gasteiger partial charge in [-0.05, 0) is 31.5 Å². The van der Waals surface area contributed by atoms with Gasteiger partial charge in [-0.25, -0.2) is 23.7 Å². The van der Waals surface area contributed by atoms with Crippen molar-refractivity contribution in [2.75, 3.05) is 5.32 Å². The fourth-order valence-electron chi connectivity index (χ4n) is 2.54. The second-order valence-electron chi connectivity index (χ2n) is 5.51. The van der Waals surface area contributed by atoms with Gasteiger partial charge < -0.3 is 5.32 Å². The van der Waals surface area contributed by atoms with Crippen LogP contribution in [-0.2, 0) is 0 Å². The molecule has 0 atom stereocenters. The Morgan fingerprint density at radius 1 is 1.04 bits per heavy atom. The molecule has 1 N–H and O–H groups in total. The van der Waals surface area contributed by atoms with Crippen LogP contribution in [0.4, 0.5) is 19.7 Å². The molecule has 0 saturated carbocycles. The Hall–Kier alpha value is -2.45. The Morgan fingerprint density at radius 2 is 1.80 bits per heavy atom. The number of rotatable bonds is 3. The Labute approximate surface area is 150 Å². The number of nitrogens with zero attached hydrogens (tertiary/aromatic N) is 3. The molecule has 0 saturated heterocycles. The molecule has 4 rings (SSSR count). The van der Waals surface area contributed by atoms with Crippen LogP contribution in [-0.4, -0.2) is 15.0 Å². The SMILES string of the molecule is Cc1csc(Nc2ncc(-c3cc(F)cc(F)c3)c3sc(C)nc23)n1. The van der Waals surface area contributed by atoms with Crippen molar-refractivity contribution in [2.24, 2.45) is 0 Å². The summed E-state index contributed by atoms with van der Waals surface area (Å²) in [5.74, 6) is -0.663. The smallest absolute Gasteiger partial charge is 0.188 e. The Kier molecular flexibility index (Phi) is 3.93. The first-order valence-corrected chi connectivity index (χ1v) is 9.11. The first-order valence-electron chi connectivity index (χ1n) is 7.41. The standard InChI is InChI=1S/C17H12F2N4S2/c1-8-7-24-17(21-8)23-16-14-15(25-9(2)22-14)13(6-20-16)10-3-11(18)5-12(19)4-10/h3-7H,1-2H3,(H,20,21,23). The van der Waals surface area contributed by atoms with Gasteiger partial charge in [-0.1, -0.05) is 0 Å². The zero-order valence-electron chi connectivity index (χ0n) is 13.3. The number of fused-ring (bicyclic) bond motifs is 1. The number of anilines is 2. The maximum absolute atomic E-state index is 13.6. The van der Waals surface area contributed by atoms with Crippen LogP contribution in [0.2, 0.25) is 0 Å². The van der Waals surface area contributed by atoms with Crippen LogP contribution >= 0.6 is 22.7 Å². The minimum Gasteiger partial charge on any atom is -0.314 e. The monoisotopic (exact) mass is 374 g/mol. The van der Waals surface area contributed by atoms with Gasteiger partial charge in [-0.3, -0.25) is 0 Å². The molecule has 4 nitrogen and oxygen atoms in total. The van der Waals surface area contributed by atoms with Crippen LogP contribution in [0.3, 0.4) is 0 Å². The average Bonchev–Trinajstić information content (AvgIpc) is 3.12. The number of nitrogens with one attached hydrogen (secondary N) is 1. The molecule has 0 bridgehead atoms. The molecule has 0 amide bonds. The van der Waals surface area contributed by atoms with E-state index in [1.54, 1.807) is 6.20 Å². The minimum absolute atomic E-state index is 0.440. The second-order valence-corrected chi connectivity index (χ2v) is 7.57. The second kappa shape index (κ2) is 6.12.